The summed E-state index contributed by atoms with van der Waals surface area (Å²) >= 11 is 0. The van der Waals surface area contributed by atoms with E-state index in [0.717, 1.165) is 42.2 Å². The van der Waals surface area contributed by atoms with E-state index < -0.39 is 11.7 Å². The van der Waals surface area contributed by atoms with Gasteiger partial charge in [-0.15, -0.1) is 0 Å². The fourth-order valence-corrected chi connectivity index (χ4v) is 4.56. The number of aliphatic hydroxyl groups is 1. The van der Waals surface area contributed by atoms with E-state index in [0.29, 0.717) is 38.4 Å². The average molecular weight is 479 g/mol. The van der Waals surface area contributed by atoms with E-state index in [1.54, 1.807) is 4.90 Å². The monoisotopic (exact) mass is 478 g/mol. The Hall–Kier alpha value is -2.92. The SMILES string of the molecule is CC1CN(Cc2c[nH]nc2C2=CCN(C(=O)CCO)CC2)CCN1c1ccc(C(F)(F)F)cn1. The van der Waals surface area contributed by atoms with E-state index in [4.69, 9.17) is 5.11 Å². The maximum Gasteiger partial charge on any atom is 0.417 e. The Morgan fingerprint density at radius 3 is 2.71 bits per heavy atom. The standard InChI is InChI=1S/C23H29F3N6O2/c1-16-14-30(9-10-32(16)20-3-2-19(13-27-20)23(24,25)26)15-18-12-28-29-22(18)17-4-7-31(8-5-17)21(34)6-11-33/h2-4,12-13,16,33H,5-11,14-15H2,1H3,(H,28,29). The molecule has 34 heavy (non-hydrogen) atoms. The third-order valence-corrected chi connectivity index (χ3v) is 6.39. The van der Waals surface area contributed by atoms with E-state index in [1.807, 2.05) is 24.1 Å². The lowest BCUT2D eigenvalue weighted by atomic mass is 10.0. The van der Waals surface area contributed by atoms with Crippen LogP contribution in [0.15, 0.2) is 30.6 Å². The maximum atomic E-state index is 12.8. The summed E-state index contributed by atoms with van der Waals surface area (Å²) in [6, 6.07) is 2.61. The second-order valence-corrected chi connectivity index (χ2v) is 8.73. The molecule has 0 aromatic carbocycles. The van der Waals surface area contributed by atoms with Gasteiger partial charge in [0.25, 0.3) is 0 Å². The molecule has 4 heterocycles. The smallest absolute Gasteiger partial charge is 0.396 e. The Morgan fingerprint density at radius 1 is 1.26 bits per heavy atom. The molecule has 2 aromatic heterocycles. The first-order valence-corrected chi connectivity index (χ1v) is 11.4. The van der Waals surface area contributed by atoms with Crippen LogP contribution in [0.25, 0.3) is 5.57 Å². The van der Waals surface area contributed by atoms with Gasteiger partial charge in [0.2, 0.25) is 5.91 Å². The normalized spacial score (nSPS) is 19.9. The Morgan fingerprint density at radius 2 is 2.09 bits per heavy atom. The number of rotatable bonds is 6. The summed E-state index contributed by atoms with van der Waals surface area (Å²) in [6.07, 6.45) is 1.27. The Balaban J connectivity index is 1.36. The summed E-state index contributed by atoms with van der Waals surface area (Å²) in [7, 11) is 0. The van der Waals surface area contributed by atoms with Crippen LogP contribution in [-0.2, 0) is 17.5 Å². The van der Waals surface area contributed by atoms with Crippen molar-refractivity contribution in [1.82, 2.24) is 25.0 Å². The van der Waals surface area contributed by atoms with Crippen LogP contribution < -0.4 is 4.90 Å². The zero-order valence-corrected chi connectivity index (χ0v) is 19.1. The topological polar surface area (TPSA) is 88.6 Å². The predicted molar refractivity (Wildman–Crippen MR) is 121 cm³/mol. The lowest BCUT2D eigenvalue weighted by molar-refractivity contribution is -0.137. The summed E-state index contributed by atoms with van der Waals surface area (Å²) in [6.45, 7) is 5.88. The molecule has 11 heteroatoms. The van der Waals surface area contributed by atoms with Gasteiger partial charge in [-0.25, -0.2) is 4.98 Å². The van der Waals surface area contributed by atoms with Crippen molar-refractivity contribution in [2.45, 2.75) is 38.5 Å². The largest absolute Gasteiger partial charge is 0.417 e. The van der Waals surface area contributed by atoms with Crippen molar-refractivity contribution >= 4 is 17.3 Å². The predicted octanol–water partition coefficient (Wildman–Crippen LogP) is 2.53. The van der Waals surface area contributed by atoms with Gasteiger partial charge in [0, 0.05) is 69.7 Å². The van der Waals surface area contributed by atoms with Gasteiger partial charge in [-0.2, -0.15) is 18.3 Å². The Labute approximate surface area is 196 Å². The number of halogens is 3. The number of nitrogens with one attached hydrogen (secondary N) is 1. The number of aromatic nitrogens is 3. The minimum absolute atomic E-state index is 0.0468. The van der Waals surface area contributed by atoms with Gasteiger partial charge in [0.05, 0.1) is 17.9 Å². The first-order valence-electron chi connectivity index (χ1n) is 11.4. The van der Waals surface area contributed by atoms with E-state index in [9.17, 15) is 18.0 Å². The molecule has 1 unspecified atom stereocenters. The molecule has 0 spiro atoms. The molecule has 8 nitrogen and oxygen atoms in total. The van der Waals surface area contributed by atoms with Crippen molar-refractivity contribution in [3.8, 4) is 0 Å². The first kappa shape index (κ1) is 24.2. The number of aromatic amines is 1. The maximum absolute atomic E-state index is 12.8. The number of aliphatic hydroxyl groups excluding tert-OH is 1. The zero-order chi connectivity index (χ0) is 24.3. The number of amides is 1. The fourth-order valence-electron chi connectivity index (χ4n) is 4.56. The Bertz CT molecular complexity index is 1020. The van der Waals surface area contributed by atoms with Crippen LogP contribution in [0.3, 0.4) is 0 Å². The van der Waals surface area contributed by atoms with E-state index >= 15 is 0 Å². The number of nitrogens with zero attached hydrogens (tertiary/aromatic N) is 5. The summed E-state index contributed by atoms with van der Waals surface area (Å²) in [4.78, 5) is 22.1. The number of carbonyl (C=O) groups excluding carboxylic acids is 1. The van der Waals surface area contributed by atoms with Gasteiger partial charge in [0.15, 0.2) is 0 Å². The first-order chi connectivity index (χ1) is 16.3. The minimum atomic E-state index is -4.39. The van der Waals surface area contributed by atoms with Crippen LogP contribution in [0.2, 0.25) is 0 Å². The minimum Gasteiger partial charge on any atom is -0.396 e. The summed E-state index contributed by atoms with van der Waals surface area (Å²) in [5, 5.41) is 16.4. The molecule has 1 amide bonds. The van der Waals surface area contributed by atoms with E-state index in [2.05, 4.69) is 20.1 Å². The van der Waals surface area contributed by atoms with Crippen LogP contribution in [-0.4, -0.2) is 81.4 Å². The fraction of sp³-hybridized carbons (Fsp3) is 0.522. The summed E-state index contributed by atoms with van der Waals surface area (Å²) in [5.74, 6) is 0.506. The molecule has 1 saturated heterocycles. The van der Waals surface area contributed by atoms with Crippen LogP contribution >= 0.6 is 0 Å². The molecular weight excluding hydrogens is 449 g/mol. The van der Waals surface area contributed by atoms with Crippen LogP contribution in [0.5, 0.6) is 0 Å². The number of carbonyl (C=O) groups is 1. The van der Waals surface area contributed by atoms with Gasteiger partial charge in [-0.1, -0.05) is 6.08 Å². The third-order valence-electron chi connectivity index (χ3n) is 6.39. The van der Waals surface area contributed by atoms with Crippen molar-refractivity contribution in [2.75, 3.05) is 44.2 Å². The van der Waals surface area contributed by atoms with Crippen molar-refractivity contribution in [3.05, 3.63) is 47.4 Å². The quantitative estimate of drug-likeness (QED) is 0.664. The molecule has 2 aliphatic heterocycles. The average Bonchev–Trinajstić information content (AvgIpc) is 3.27. The van der Waals surface area contributed by atoms with Crippen molar-refractivity contribution in [2.24, 2.45) is 0 Å². The lowest BCUT2D eigenvalue weighted by Gasteiger charge is -2.40. The molecule has 1 fully saturated rings. The van der Waals surface area contributed by atoms with Gasteiger partial charge >= 0.3 is 6.18 Å². The van der Waals surface area contributed by atoms with E-state index in [-0.39, 0.29) is 25.0 Å². The summed E-state index contributed by atoms with van der Waals surface area (Å²) in [5.41, 5.74) is 2.35. The third kappa shape index (κ3) is 5.41. The van der Waals surface area contributed by atoms with Crippen molar-refractivity contribution in [1.29, 1.82) is 0 Å². The molecule has 184 valence electrons. The molecule has 4 rings (SSSR count). The molecule has 2 aliphatic rings. The summed E-state index contributed by atoms with van der Waals surface area (Å²) < 4.78 is 38.5. The molecule has 0 radical (unpaired) electrons. The van der Waals surface area contributed by atoms with Gasteiger partial charge in [-0.3, -0.25) is 14.8 Å². The lowest BCUT2D eigenvalue weighted by Crippen LogP contribution is -2.51. The molecule has 0 aliphatic carbocycles. The number of H-pyrrole nitrogens is 1. The molecule has 2 aromatic rings. The van der Waals surface area contributed by atoms with E-state index in [1.165, 1.54) is 6.07 Å². The number of alkyl halides is 3. The van der Waals surface area contributed by atoms with Crippen LogP contribution in [0, 0.1) is 0 Å². The zero-order valence-electron chi connectivity index (χ0n) is 19.1. The van der Waals surface area contributed by atoms with Gasteiger partial charge < -0.3 is 14.9 Å². The Kier molecular flexibility index (Phi) is 7.22. The van der Waals surface area contributed by atoms with Gasteiger partial charge in [0.1, 0.15) is 5.82 Å². The second-order valence-electron chi connectivity index (χ2n) is 8.73. The second kappa shape index (κ2) is 10.1. The molecule has 2 N–H and O–H groups in total. The highest BCUT2D eigenvalue weighted by molar-refractivity contribution is 5.78. The molecule has 0 saturated carbocycles. The number of hydrogen-bond acceptors (Lipinski definition) is 6. The van der Waals surface area contributed by atoms with Gasteiger partial charge in [-0.05, 0) is 31.1 Å². The van der Waals surface area contributed by atoms with Crippen LogP contribution in [0.4, 0.5) is 19.0 Å². The highest BCUT2D eigenvalue weighted by Crippen LogP contribution is 2.30. The number of pyridine rings is 1. The highest BCUT2D eigenvalue weighted by Gasteiger charge is 2.32. The number of anilines is 1. The molecular formula is C23H29F3N6O2. The number of hydrogen-bond donors (Lipinski definition) is 2. The van der Waals surface area contributed by atoms with Crippen LogP contribution in [0.1, 0.15) is 36.6 Å². The molecule has 1 atom stereocenters. The van der Waals surface area contributed by atoms with Crippen molar-refractivity contribution in [3.63, 3.8) is 0 Å². The molecule has 0 bridgehead atoms. The highest BCUT2D eigenvalue weighted by atomic mass is 19.4. The van der Waals surface area contributed by atoms with Crippen molar-refractivity contribution < 1.29 is 23.1 Å². The number of piperazine rings is 1.